The minimum absolute atomic E-state index is 0.144. The van der Waals surface area contributed by atoms with Gasteiger partial charge >= 0.3 is 0 Å². The van der Waals surface area contributed by atoms with E-state index in [1.54, 1.807) is 0 Å². The maximum atomic E-state index is 5.46. The molecule has 0 aromatic carbocycles. The van der Waals surface area contributed by atoms with Gasteiger partial charge in [-0.3, -0.25) is 0 Å². The van der Waals surface area contributed by atoms with Gasteiger partial charge in [-0.1, -0.05) is 13.8 Å². The molecule has 0 saturated heterocycles. The molecule has 0 rings (SSSR count). The molecule has 0 aromatic rings. The highest BCUT2D eigenvalue weighted by Crippen LogP contribution is 2.18. The van der Waals surface area contributed by atoms with Gasteiger partial charge in [0.05, 0.1) is 5.54 Å². The van der Waals surface area contributed by atoms with Gasteiger partial charge in [-0.05, 0) is 19.8 Å². The van der Waals surface area contributed by atoms with Crippen LogP contribution in [-0.2, 0) is 4.94 Å². The Morgan fingerprint density at radius 1 is 1.40 bits per heavy atom. The molecule has 0 aliphatic heterocycles. The van der Waals surface area contributed by atoms with Crippen molar-refractivity contribution in [3.8, 4) is 0 Å². The zero-order chi connectivity index (χ0) is 8.20. The molecule has 62 valence electrons. The van der Waals surface area contributed by atoms with Crippen molar-refractivity contribution in [2.45, 2.75) is 39.2 Å². The summed E-state index contributed by atoms with van der Waals surface area (Å²) in [5.41, 5.74) is -0.144. The monoisotopic (exact) mass is 147 g/mol. The molecule has 0 heterocycles. The van der Waals surface area contributed by atoms with Gasteiger partial charge in [0.15, 0.2) is 0 Å². The van der Waals surface area contributed by atoms with Crippen LogP contribution in [0.4, 0.5) is 0 Å². The molecule has 0 saturated carbocycles. The Balaban J connectivity index is 4.02. The van der Waals surface area contributed by atoms with E-state index in [1.807, 2.05) is 20.8 Å². The topological polar surface area (TPSA) is 64.5 Å². The number of nitrogens with zero attached hydrogens (tertiary/aromatic N) is 1. The van der Waals surface area contributed by atoms with Gasteiger partial charge in [-0.2, -0.15) is 10.8 Å². The van der Waals surface area contributed by atoms with Gasteiger partial charge in [0.2, 0.25) is 0 Å². The second-order valence-corrected chi connectivity index (χ2v) is 2.64. The molecule has 0 unspecified atom stereocenters. The van der Waals surface area contributed by atoms with E-state index in [-0.39, 0.29) is 5.54 Å². The first-order valence-corrected chi connectivity index (χ1v) is 3.52. The smallest absolute Gasteiger partial charge is 0.0606 e. The molecule has 4 nitrogen and oxygen atoms in total. The third-order valence-electron chi connectivity index (χ3n) is 2.17. The fourth-order valence-electron chi connectivity index (χ4n) is 0.689. The van der Waals surface area contributed by atoms with Crippen molar-refractivity contribution in [1.82, 2.24) is 5.17 Å². The summed E-state index contributed by atoms with van der Waals surface area (Å²) in [4.78, 5) is 4.41. The molecular formula is C6H17N3O. The van der Waals surface area contributed by atoms with Crippen molar-refractivity contribution < 1.29 is 4.94 Å². The molecular weight excluding hydrogens is 130 g/mol. The molecule has 0 spiro atoms. The second kappa shape index (κ2) is 3.88. The highest BCUT2D eigenvalue weighted by molar-refractivity contribution is 4.75. The Morgan fingerprint density at radius 3 is 1.90 bits per heavy atom. The first-order chi connectivity index (χ1) is 4.60. The third kappa shape index (κ3) is 1.91. The van der Waals surface area contributed by atoms with Gasteiger partial charge < -0.3 is 0 Å². The van der Waals surface area contributed by atoms with E-state index in [2.05, 4.69) is 4.94 Å². The SMILES string of the molecule is CCC(C)(CC)N(N)ON. The lowest BCUT2D eigenvalue weighted by molar-refractivity contribution is -0.228. The first kappa shape index (κ1) is 9.84. The molecule has 0 aliphatic rings. The molecule has 0 bridgehead atoms. The van der Waals surface area contributed by atoms with Crippen molar-refractivity contribution in [3.63, 3.8) is 0 Å². The van der Waals surface area contributed by atoms with Crippen LogP contribution in [0.5, 0.6) is 0 Å². The zero-order valence-electron chi connectivity index (χ0n) is 6.92. The van der Waals surface area contributed by atoms with Crippen molar-refractivity contribution >= 4 is 0 Å². The van der Waals surface area contributed by atoms with E-state index < -0.39 is 0 Å². The van der Waals surface area contributed by atoms with Crippen LogP contribution in [0.25, 0.3) is 0 Å². The molecule has 0 atom stereocenters. The Morgan fingerprint density at radius 2 is 1.80 bits per heavy atom. The van der Waals surface area contributed by atoms with E-state index in [1.165, 1.54) is 5.17 Å². The number of hydroxylamine groups is 1. The van der Waals surface area contributed by atoms with Crippen LogP contribution < -0.4 is 11.7 Å². The maximum Gasteiger partial charge on any atom is 0.0606 e. The summed E-state index contributed by atoms with van der Waals surface area (Å²) >= 11 is 0. The Labute approximate surface area is 62.0 Å². The lowest BCUT2D eigenvalue weighted by Crippen LogP contribution is -2.51. The minimum Gasteiger partial charge on any atom is -0.243 e. The average Bonchev–Trinajstić information content (AvgIpc) is 2.01. The van der Waals surface area contributed by atoms with Crippen LogP contribution in [0.15, 0.2) is 0 Å². The Kier molecular flexibility index (Phi) is 3.81. The van der Waals surface area contributed by atoms with E-state index in [0.29, 0.717) is 0 Å². The van der Waals surface area contributed by atoms with Crippen LogP contribution in [0, 0.1) is 0 Å². The number of rotatable bonds is 4. The van der Waals surface area contributed by atoms with Gasteiger partial charge in [-0.15, -0.1) is 5.17 Å². The number of hydrogen-bond acceptors (Lipinski definition) is 4. The summed E-state index contributed by atoms with van der Waals surface area (Å²) in [6.07, 6.45) is 1.83. The van der Waals surface area contributed by atoms with Crippen molar-refractivity contribution in [1.29, 1.82) is 0 Å². The Bertz CT molecular complexity index is 93.0. The average molecular weight is 147 g/mol. The summed E-state index contributed by atoms with van der Waals surface area (Å²) in [6, 6.07) is 0. The third-order valence-corrected chi connectivity index (χ3v) is 2.17. The second-order valence-electron chi connectivity index (χ2n) is 2.64. The summed E-state index contributed by atoms with van der Waals surface area (Å²) in [5.74, 6) is 10.4. The van der Waals surface area contributed by atoms with E-state index >= 15 is 0 Å². The first-order valence-electron chi connectivity index (χ1n) is 3.52. The van der Waals surface area contributed by atoms with Crippen molar-refractivity contribution in [2.24, 2.45) is 11.7 Å². The van der Waals surface area contributed by atoms with Crippen LogP contribution in [0.3, 0.4) is 0 Å². The molecule has 0 radical (unpaired) electrons. The van der Waals surface area contributed by atoms with E-state index in [0.717, 1.165) is 12.8 Å². The normalized spacial score (nSPS) is 12.6. The predicted octanol–water partition coefficient (Wildman–Crippen LogP) is 0.546. The molecule has 4 N–H and O–H groups in total. The predicted molar refractivity (Wildman–Crippen MR) is 40.3 cm³/mol. The van der Waals surface area contributed by atoms with Crippen molar-refractivity contribution in [2.75, 3.05) is 0 Å². The van der Waals surface area contributed by atoms with Crippen LogP contribution >= 0.6 is 0 Å². The fraction of sp³-hybridized carbons (Fsp3) is 1.00. The lowest BCUT2D eigenvalue weighted by atomic mass is 9.96. The van der Waals surface area contributed by atoms with Crippen molar-refractivity contribution in [3.05, 3.63) is 0 Å². The standard InChI is InChI=1S/C6H17N3O/c1-4-6(3,5-2)9(7)10-8/h4-5,7-8H2,1-3H3. The van der Waals surface area contributed by atoms with Crippen LogP contribution in [0.1, 0.15) is 33.6 Å². The molecule has 10 heavy (non-hydrogen) atoms. The zero-order valence-corrected chi connectivity index (χ0v) is 6.92. The van der Waals surface area contributed by atoms with Crippen LogP contribution in [-0.4, -0.2) is 10.7 Å². The Hall–Kier alpha value is -0.160. The largest absolute Gasteiger partial charge is 0.243 e. The molecule has 0 aromatic heterocycles. The lowest BCUT2D eigenvalue weighted by Gasteiger charge is -2.33. The highest BCUT2D eigenvalue weighted by atomic mass is 16.8. The van der Waals surface area contributed by atoms with E-state index in [4.69, 9.17) is 11.7 Å². The summed E-state index contributed by atoms with van der Waals surface area (Å²) in [7, 11) is 0. The quantitative estimate of drug-likeness (QED) is 0.450. The van der Waals surface area contributed by atoms with Gasteiger partial charge in [0, 0.05) is 0 Å². The van der Waals surface area contributed by atoms with E-state index in [9.17, 15) is 0 Å². The molecule has 4 heteroatoms. The molecule has 0 amide bonds. The summed E-state index contributed by atoms with van der Waals surface area (Å²) in [5, 5.41) is 1.20. The highest BCUT2D eigenvalue weighted by Gasteiger charge is 2.26. The van der Waals surface area contributed by atoms with Gasteiger partial charge in [-0.25, -0.2) is 5.84 Å². The number of hydrazine groups is 1. The molecule has 0 fully saturated rings. The number of nitrogens with two attached hydrogens (primary N) is 2. The van der Waals surface area contributed by atoms with Crippen LogP contribution in [0.2, 0.25) is 0 Å². The van der Waals surface area contributed by atoms with Gasteiger partial charge in [0.25, 0.3) is 0 Å². The van der Waals surface area contributed by atoms with Gasteiger partial charge in [0.1, 0.15) is 0 Å². The minimum atomic E-state index is -0.144. The molecule has 0 aliphatic carbocycles. The fourth-order valence-corrected chi connectivity index (χ4v) is 0.689. The maximum absolute atomic E-state index is 5.46. The number of hydrogen-bond donors (Lipinski definition) is 2. The summed E-state index contributed by atoms with van der Waals surface area (Å²) in [6.45, 7) is 6.09. The summed E-state index contributed by atoms with van der Waals surface area (Å²) < 4.78 is 0.